The van der Waals surface area contributed by atoms with Crippen LogP contribution < -0.4 is 0 Å². The van der Waals surface area contributed by atoms with E-state index in [0.717, 1.165) is 18.4 Å². The Kier molecular flexibility index (Phi) is 6.09. The topological polar surface area (TPSA) is 94.1 Å². The van der Waals surface area contributed by atoms with E-state index in [1.165, 1.54) is 36.4 Å². The van der Waals surface area contributed by atoms with Crippen molar-refractivity contribution in [3.8, 4) is 22.4 Å². The van der Waals surface area contributed by atoms with E-state index in [1.807, 2.05) is 0 Å². The predicted octanol–water partition coefficient (Wildman–Crippen LogP) is 4.81. The van der Waals surface area contributed by atoms with E-state index in [2.05, 4.69) is 9.97 Å². The molecule has 0 atom stereocenters. The van der Waals surface area contributed by atoms with Crippen LogP contribution in [0, 0.1) is 0 Å². The molecule has 0 aliphatic carbocycles. The minimum Gasteiger partial charge on any atom is -0.224 e. The van der Waals surface area contributed by atoms with Crippen molar-refractivity contribution in [3.63, 3.8) is 0 Å². The molecule has 0 aliphatic rings. The molecule has 31 heavy (non-hydrogen) atoms. The monoisotopic (exact) mass is 510 g/mol. The molecule has 2 aromatic carbocycles. The molecule has 6 nitrogen and oxygen atoms in total. The highest BCUT2D eigenvalue weighted by molar-refractivity contribution is 8.13. The summed E-state index contributed by atoms with van der Waals surface area (Å²) in [5.41, 5.74) is 0.158. The van der Waals surface area contributed by atoms with Crippen LogP contribution in [-0.2, 0) is 25.1 Å². The molecule has 3 rings (SSSR count). The van der Waals surface area contributed by atoms with Crippen molar-refractivity contribution in [2.24, 2.45) is 0 Å². The van der Waals surface area contributed by atoms with Crippen molar-refractivity contribution < 1.29 is 30.0 Å². The summed E-state index contributed by atoms with van der Waals surface area (Å²) in [7, 11) is -2.26. The largest absolute Gasteiger partial charge is 0.451 e. The lowest BCUT2D eigenvalue weighted by atomic mass is 10.0. The fourth-order valence-electron chi connectivity index (χ4n) is 2.67. The molecule has 0 radical (unpaired) electrons. The first-order chi connectivity index (χ1) is 14.2. The molecule has 0 aliphatic heterocycles. The van der Waals surface area contributed by atoms with Crippen molar-refractivity contribution in [2.45, 2.75) is 16.0 Å². The molecule has 1 aromatic heterocycles. The molecule has 0 unspecified atom stereocenters. The van der Waals surface area contributed by atoms with Crippen LogP contribution in [0.15, 0.2) is 58.3 Å². The molecule has 0 saturated carbocycles. The quantitative estimate of drug-likeness (QED) is 0.369. The second kappa shape index (κ2) is 8.05. The summed E-state index contributed by atoms with van der Waals surface area (Å²) in [6.07, 6.45) is -3.90. The van der Waals surface area contributed by atoms with Crippen molar-refractivity contribution in [2.75, 3.05) is 6.26 Å². The SMILES string of the molecule is CS(=O)(=O)c1ccc(-c2nc(C(F)(F)F)nc(Cl)c2-c2ccc(S(=O)(=O)Cl)cc2)cc1. The number of benzene rings is 2. The summed E-state index contributed by atoms with van der Waals surface area (Å²) in [5.74, 6) is -1.48. The summed E-state index contributed by atoms with van der Waals surface area (Å²) in [4.78, 5) is 6.67. The van der Waals surface area contributed by atoms with Crippen LogP contribution in [0.1, 0.15) is 5.82 Å². The lowest BCUT2D eigenvalue weighted by Gasteiger charge is -2.15. The Morgan fingerprint density at radius 1 is 0.806 bits per heavy atom. The number of nitrogens with zero attached hydrogens (tertiary/aromatic N) is 2. The van der Waals surface area contributed by atoms with Gasteiger partial charge in [0.25, 0.3) is 9.05 Å². The van der Waals surface area contributed by atoms with Crippen LogP contribution in [0.3, 0.4) is 0 Å². The van der Waals surface area contributed by atoms with Gasteiger partial charge in [-0.05, 0) is 29.8 Å². The smallest absolute Gasteiger partial charge is 0.224 e. The fraction of sp³-hybridized carbons (Fsp3) is 0.111. The van der Waals surface area contributed by atoms with Crippen molar-refractivity contribution in [1.29, 1.82) is 0 Å². The number of sulfone groups is 1. The number of rotatable bonds is 4. The maximum absolute atomic E-state index is 13.3. The Morgan fingerprint density at radius 3 is 1.74 bits per heavy atom. The van der Waals surface area contributed by atoms with Crippen molar-refractivity contribution in [3.05, 3.63) is 59.5 Å². The zero-order valence-electron chi connectivity index (χ0n) is 15.4. The zero-order chi connectivity index (χ0) is 23.2. The Hall–Kier alpha value is -2.21. The van der Waals surface area contributed by atoms with E-state index in [9.17, 15) is 30.0 Å². The van der Waals surface area contributed by atoms with E-state index in [0.29, 0.717) is 0 Å². The van der Waals surface area contributed by atoms with Crippen LogP contribution in [0.4, 0.5) is 13.2 Å². The predicted molar refractivity (Wildman–Crippen MR) is 109 cm³/mol. The summed E-state index contributed by atoms with van der Waals surface area (Å²) in [6, 6.07) is 9.92. The maximum atomic E-state index is 13.3. The number of hydrogen-bond acceptors (Lipinski definition) is 6. The lowest BCUT2D eigenvalue weighted by molar-refractivity contribution is -0.144. The molecular weight excluding hydrogens is 500 g/mol. The highest BCUT2D eigenvalue weighted by Gasteiger charge is 2.36. The number of aromatic nitrogens is 2. The zero-order valence-corrected chi connectivity index (χ0v) is 18.5. The molecule has 164 valence electrons. The van der Waals surface area contributed by atoms with Crippen LogP contribution in [0.2, 0.25) is 5.15 Å². The molecule has 0 spiro atoms. The standard InChI is InChI=1S/C18H11Cl2F3N2O4S2/c1-30(26,27)12-6-4-11(5-7-12)15-14(16(19)25-17(24-15)18(21,22)23)10-2-8-13(9-3-10)31(20,28)29/h2-9H,1H3. The average Bonchev–Trinajstić information content (AvgIpc) is 2.65. The first kappa shape index (κ1) is 23.5. The summed E-state index contributed by atoms with van der Waals surface area (Å²) < 4.78 is 86.0. The van der Waals surface area contributed by atoms with E-state index in [4.69, 9.17) is 22.3 Å². The van der Waals surface area contributed by atoms with Gasteiger partial charge in [0.15, 0.2) is 9.84 Å². The van der Waals surface area contributed by atoms with Gasteiger partial charge in [0.05, 0.1) is 15.5 Å². The lowest BCUT2D eigenvalue weighted by Crippen LogP contribution is -2.13. The summed E-state index contributed by atoms with van der Waals surface area (Å²) >= 11 is 6.07. The maximum Gasteiger partial charge on any atom is 0.451 e. The Morgan fingerprint density at radius 2 is 1.29 bits per heavy atom. The summed E-state index contributed by atoms with van der Waals surface area (Å²) in [6.45, 7) is 0. The second-order valence-electron chi connectivity index (χ2n) is 6.32. The molecule has 0 saturated heterocycles. The van der Waals surface area contributed by atoms with Gasteiger partial charge in [-0.1, -0.05) is 35.9 Å². The highest BCUT2D eigenvalue weighted by Crippen LogP contribution is 2.39. The summed E-state index contributed by atoms with van der Waals surface area (Å²) in [5, 5.41) is -0.522. The van der Waals surface area contributed by atoms with Gasteiger partial charge in [0, 0.05) is 28.1 Å². The van der Waals surface area contributed by atoms with Gasteiger partial charge in [-0.25, -0.2) is 26.8 Å². The van der Waals surface area contributed by atoms with E-state index >= 15 is 0 Å². The van der Waals surface area contributed by atoms with Crippen LogP contribution in [0.25, 0.3) is 22.4 Å². The normalized spacial score (nSPS) is 12.7. The van der Waals surface area contributed by atoms with Gasteiger partial charge in [0.2, 0.25) is 5.82 Å². The minimum absolute atomic E-state index is 0.000271. The Bertz CT molecular complexity index is 1360. The van der Waals surface area contributed by atoms with E-state index in [1.54, 1.807) is 0 Å². The fourth-order valence-corrected chi connectivity index (χ4v) is 4.35. The van der Waals surface area contributed by atoms with Crippen LogP contribution >= 0.6 is 22.3 Å². The second-order valence-corrected chi connectivity index (χ2v) is 11.3. The minimum atomic E-state index is -4.89. The number of hydrogen-bond donors (Lipinski definition) is 0. The molecule has 13 heteroatoms. The molecule has 1 heterocycles. The third-order valence-corrected chi connectivity index (χ3v) is 6.87. The van der Waals surface area contributed by atoms with Crippen molar-refractivity contribution in [1.82, 2.24) is 9.97 Å². The first-order valence-electron chi connectivity index (χ1n) is 8.18. The van der Waals surface area contributed by atoms with E-state index in [-0.39, 0.29) is 32.2 Å². The Labute approximate surface area is 185 Å². The van der Waals surface area contributed by atoms with Crippen molar-refractivity contribution >= 4 is 41.2 Å². The molecule has 0 N–H and O–H groups in total. The van der Waals surface area contributed by atoms with Gasteiger partial charge < -0.3 is 0 Å². The van der Waals surface area contributed by atoms with Crippen LogP contribution in [0.5, 0.6) is 0 Å². The Balaban J connectivity index is 2.26. The molecular formula is C18H11Cl2F3N2O4S2. The molecule has 0 fully saturated rings. The molecule has 0 bridgehead atoms. The van der Waals surface area contributed by atoms with Gasteiger partial charge in [-0.15, -0.1) is 0 Å². The third kappa shape index (κ3) is 5.17. The number of halogens is 5. The first-order valence-corrected chi connectivity index (χ1v) is 12.8. The van der Waals surface area contributed by atoms with Gasteiger partial charge in [-0.3, -0.25) is 0 Å². The number of alkyl halides is 3. The third-order valence-electron chi connectivity index (χ3n) is 4.10. The molecule has 3 aromatic rings. The van der Waals surface area contributed by atoms with Gasteiger partial charge >= 0.3 is 6.18 Å². The van der Waals surface area contributed by atoms with Crippen LogP contribution in [-0.4, -0.2) is 33.1 Å². The van der Waals surface area contributed by atoms with Gasteiger partial charge in [-0.2, -0.15) is 13.2 Å². The molecule has 0 amide bonds. The highest BCUT2D eigenvalue weighted by atomic mass is 35.7. The average molecular weight is 511 g/mol. The van der Waals surface area contributed by atoms with Gasteiger partial charge in [0.1, 0.15) is 5.15 Å². The van der Waals surface area contributed by atoms with E-state index < -0.39 is 36.0 Å².